The first-order valence-corrected chi connectivity index (χ1v) is 10.1. The number of anilines is 1. The standard InChI is InChI=1S/C20H23ClN2O4S/c1-11(2)17(23-19(25)16-6-5-9-28-16)20(26)27-13(4)18(24)22-15-10-14(21)8-7-12(15)3/h5-11,13,17H,1-4H3,(H,22,24)(H,23,25)/t13-,17+/m1/s1. The fraction of sp³-hybridized carbons (Fsp3) is 0.350. The number of carbonyl (C=O) groups is 3. The van der Waals surface area contributed by atoms with Gasteiger partial charge in [-0.1, -0.05) is 37.6 Å². The Morgan fingerprint density at radius 2 is 1.86 bits per heavy atom. The van der Waals surface area contributed by atoms with Crippen molar-refractivity contribution in [3.8, 4) is 0 Å². The number of nitrogens with one attached hydrogen (secondary N) is 2. The summed E-state index contributed by atoms with van der Waals surface area (Å²) in [4.78, 5) is 37.7. The average Bonchev–Trinajstić information content (AvgIpc) is 3.16. The van der Waals surface area contributed by atoms with Gasteiger partial charge in [0.25, 0.3) is 11.8 Å². The molecule has 2 rings (SSSR count). The van der Waals surface area contributed by atoms with E-state index in [0.717, 1.165) is 5.56 Å². The summed E-state index contributed by atoms with van der Waals surface area (Å²) < 4.78 is 5.30. The molecule has 2 aromatic rings. The van der Waals surface area contributed by atoms with Gasteiger partial charge in [-0.25, -0.2) is 4.79 Å². The molecular formula is C20H23ClN2O4S. The molecule has 0 bridgehead atoms. The maximum atomic E-state index is 12.5. The number of halogens is 1. The van der Waals surface area contributed by atoms with E-state index in [0.29, 0.717) is 15.6 Å². The summed E-state index contributed by atoms with van der Waals surface area (Å²) in [6.07, 6.45) is -1.04. The number of esters is 1. The minimum absolute atomic E-state index is 0.207. The van der Waals surface area contributed by atoms with Crippen molar-refractivity contribution in [3.05, 3.63) is 51.2 Å². The van der Waals surface area contributed by atoms with Crippen LogP contribution in [0.5, 0.6) is 0 Å². The van der Waals surface area contributed by atoms with Gasteiger partial charge >= 0.3 is 5.97 Å². The van der Waals surface area contributed by atoms with E-state index in [-0.39, 0.29) is 11.8 Å². The molecule has 0 saturated heterocycles. The molecular weight excluding hydrogens is 400 g/mol. The van der Waals surface area contributed by atoms with Crippen molar-refractivity contribution in [2.45, 2.75) is 39.8 Å². The van der Waals surface area contributed by atoms with Crippen molar-refractivity contribution in [1.82, 2.24) is 5.32 Å². The van der Waals surface area contributed by atoms with E-state index in [2.05, 4.69) is 10.6 Å². The lowest BCUT2D eigenvalue weighted by atomic mass is 10.0. The molecule has 2 amide bonds. The van der Waals surface area contributed by atoms with E-state index in [4.69, 9.17) is 16.3 Å². The lowest BCUT2D eigenvalue weighted by Gasteiger charge is -2.23. The highest BCUT2D eigenvalue weighted by atomic mass is 35.5. The molecule has 0 fully saturated rings. The van der Waals surface area contributed by atoms with Gasteiger partial charge in [-0.3, -0.25) is 9.59 Å². The number of hydrogen-bond acceptors (Lipinski definition) is 5. The number of carbonyl (C=O) groups excluding carboxylic acids is 3. The van der Waals surface area contributed by atoms with Crippen molar-refractivity contribution >= 4 is 46.4 Å². The topological polar surface area (TPSA) is 84.5 Å². The van der Waals surface area contributed by atoms with Crippen LogP contribution in [0.2, 0.25) is 5.02 Å². The van der Waals surface area contributed by atoms with Crippen molar-refractivity contribution in [1.29, 1.82) is 0 Å². The van der Waals surface area contributed by atoms with Gasteiger partial charge in [-0.05, 0) is 48.9 Å². The van der Waals surface area contributed by atoms with Crippen molar-refractivity contribution < 1.29 is 19.1 Å². The van der Waals surface area contributed by atoms with Crippen molar-refractivity contribution in [3.63, 3.8) is 0 Å². The first-order chi connectivity index (χ1) is 13.2. The van der Waals surface area contributed by atoms with Gasteiger partial charge < -0.3 is 15.4 Å². The molecule has 8 heteroatoms. The molecule has 6 nitrogen and oxygen atoms in total. The van der Waals surface area contributed by atoms with Crippen LogP contribution in [0, 0.1) is 12.8 Å². The van der Waals surface area contributed by atoms with Crippen LogP contribution in [-0.4, -0.2) is 29.9 Å². The van der Waals surface area contributed by atoms with Gasteiger partial charge in [0.1, 0.15) is 6.04 Å². The summed E-state index contributed by atoms with van der Waals surface area (Å²) in [6, 6.07) is 7.70. The highest BCUT2D eigenvalue weighted by Gasteiger charge is 2.29. The summed E-state index contributed by atoms with van der Waals surface area (Å²) >= 11 is 7.24. The molecule has 0 aliphatic heterocycles. The Hall–Kier alpha value is -2.38. The molecule has 0 radical (unpaired) electrons. The van der Waals surface area contributed by atoms with Crippen LogP contribution < -0.4 is 10.6 Å². The second-order valence-corrected chi connectivity index (χ2v) is 8.08. The lowest BCUT2D eigenvalue weighted by molar-refractivity contribution is -0.156. The predicted octanol–water partition coefficient (Wildman–Crippen LogP) is 4.03. The summed E-state index contributed by atoms with van der Waals surface area (Å²) in [5.74, 6) is -1.70. The highest BCUT2D eigenvalue weighted by molar-refractivity contribution is 7.12. The van der Waals surface area contributed by atoms with Gasteiger partial charge in [-0.2, -0.15) is 0 Å². The zero-order valence-electron chi connectivity index (χ0n) is 16.1. The molecule has 1 heterocycles. The molecule has 2 atom stereocenters. The second-order valence-electron chi connectivity index (χ2n) is 6.70. The Morgan fingerprint density at radius 3 is 2.46 bits per heavy atom. The van der Waals surface area contributed by atoms with E-state index in [1.54, 1.807) is 49.6 Å². The van der Waals surface area contributed by atoms with E-state index in [1.165, 1.54) is 18.3 Å². The van der Waals surface area contributed by atoms with Crippen LogP contribution in [0.15, 0.2) is 35.7 Å². The molecule has 0 aliphatic rings. The highest BCUT2D eigenvalue weighted by Crippen LogP contribution is 2.20. The number of ether oxygens (including phenoxy) is 1. The molecule has 0 aliphatic carbocycles. The normalized spacial score (nSPS) is 12.9. The number of hydrogen-bond donors (Lipinski definition) is 2. The third kappa shape index (κ3) is 5.81. The smallest absolute Gasteiger partial charge is 0.329 e. The number of aryl methyl sites for hydroxylation is 1. The maximum absolute atomic E-state index is 12.5. The largest absolute Gasteiger partial charge is 0.451 e. The van der Waals surface area contributed by atoms with Crippen LogP contribution in [0.1, 0.15) is 36.0 Å². The van der Waals surface area contributed by atoms with E-state index in [9.17, 15) is 14.4 Å². The Kier molecular flexibility index (Phi) is 7.60. The number of amides is 2. The van der Waals surface area contributed by atoms with Gasteiger partial charge in [-0.15, -0.1) is 11.3 Å². The Labute approximate surface area is 173 Å². The SMILES string of the molecule is Cc1ccc(Cl)cc1NC(=O)[C@@H](C)OC(=O)[C@@H](NC(=O)c1cccs1)C(C)C. The Balaban J connectivity index is 2.00. The van der Waals surface area contributed by atoms with Crippen molar-refractivity contribution in [2.24, 2.45) is 5.92 Å². The van der Waals surface area contributed by atoms with Gasteiger partial charge in [0.15, 0.2) is 6.10 Å². The van der Waals surface area contributed by atoms with Gasteiger partial charge in [0.05, 0.1) is 4.88 Å². The van der Waals surface area contributed by atoms with Gasteiger partial charge in [0, 0.05) is 10.7 Å². The molecule has 2 N–H and O–H groups in total. The fourth-order valence-electron chi connectivity index (χ4n) is 2.38. The lowest BCUT2D eigenvalue weighted by Crippen LogP contribution is -2.47. The third-order valence-electron chi connectivity index (χ3n) is 4.07. The van der Waals surface area contributed by atoms with E-state index < -0.39 is 24.0 Å². The molecule has 1 aromatic carbocycles. The molecule has 150 valence electrons. The average molecular weight is 423 g/mol. The summed E-state index contributed by atoms with van der Waals surface area (Å²) in [5, 5.41) is 7.65. The quantitative estimate of drug-likeness (QED) is 0.659. The molecule has 1 aromatic heterocycles. The predicted molar refractivity (Wildman–Crippen MR) is 111 cm³/mol. The fourth-order valence-corrected chi connectivity index (χ4v) is 3.18. The Morgan fingerprint density at radius 1 is 1.14 bits per heavy atom. The van der Waals surface area contributed by atoms with Crippen LogP contribution in [0.3, 0.4) is 0 Å². The monoisotopic (exact) mass is 422 g/mol. The first kappa shape index (κ1) is 21.9. The zero-order chi connectivity index (χ0) is 20.8. The summed E-state index contributed by atoms with van der Waals surface area (Å²) in [5.41, 5.74) is 1.38. The summed E-state index contributed by atoms with van der Waals surface area (Å²) in [6.45, 7) is 6.89. The van der Waals surface area contributed by atoms with Gasteiger partial charge in [0.2, 0.25) is 0 Å². The number of benzene rings is 1. The number of thiophene rings is 1. The summed E-state index contributed by atoms with van der Waals surface area (Å²) in [7, 11) is 0. The van der Waals surface area contributed by atoms with Crippen LogP contribution >= 0.6 is 22.9 Å². The van der Waals surface area contributed by atoms with Crippen LogP contribution in [0.4, 0.5) is 5.69 Å². The van der Waals surface area contributed by atoms with Crippen LogP contribution in [0.25, 0.3) is 0 Å². The molecule has 28 heavy (non-hydrogen) atoms. The van der Waals surface area contributed by atoms with Crippen molar-refractivity contribution in [2.75, 3.05) is 5.32 Å². The minimum Gasteiger partial charge on any atom is -0.451 e. The Bertz CT molecular complexity index is 852. The van der Waals surface area contributed by atoms with E-state index >= 15 is 0 Å². The van der Waals surface area contributed by atoms with E-state index in [1.807, 2.05) is 6.92 Å². The molecule has 0 spiro atoms. The maximum Gasteiger partial charge on any atom is 0.329 e. The zero-order valence-corrected chi connectivity index (χ0v) is 17.7. The number of rotatable bonds is 7. The minimum atomic E-state index is -1.04. The first-order valence-electron chi connectivity index (χ1n) is 8.81. The molecule has 0 saturated carbocycles. The molecule has 0 unspecified atom stereocenters. The second kappa shape index (κ2) is 9.71. The van der Waals surface area contributed by atoms with Crippen LogP contribution in [-0.2, 0) is 14.3 Å². The third-order valence-corrected chi connectivity index (χ3v) is 5.18.